The van der Waals surface area contributed by atoms with E-state index >= 15 is 0 Å². The van der Waals surface area contributed by atoms with Crippen LogP contribution in [0, 0.1) is 0 Å². The molecule has 2 heterocycles. The number of likely N-dealkylation sites (tertiary alicyclic amines) is 1. The van der Waals surface area contributed by atoms with E-state index < -0.39 is 35.2 Å². The number of amides is 2. The summed E-state index contributed by atoms with van der Waals surface area (Å²) in [6.07, 6.45) is -3.96. The Bertz CT molecular complexity index is 1130. The maximum Gasteiger partial charge on any atom is 0.416 e. The van der Waals surface area contributed by atoms with Crippen molar-refractivity contribution in [2.45, 2.75) is 64.0 Å². The van der Waals surface area contributed by atoms with Crippen LogP contribution in [0.25, 0.3) is 0 Å². The Hall–Kier alpha value is -2.99. The highest BCUT2D eigenvalue weighted by molar-refractivity contribution is 5.90. The molecule has 0 unspecified atom stereocenters. The summed E-state index contributed by atoms with van der Waals surface area (Å²) in [6.45, 7) is 7.78. The lowest BCUT2D eigenvalue weighted by molar-refractivity contribution is -0.143. The number of hydrogen-bond acceptors (Lipinski definition) is 4. The molecular formula is C30H38F6N4O2. The molecule has 2 fully saturated rings. The van der Waals surface area contributed by atoms with Crippen LogP contribution in [-0.2, 0) is 18.9 Å². The van der Waals surface area contributed by atoms with Gasteiger partial charge < -0.3 is 15.0 Å². The summed E-state index contributed by atoms with van der Waals surface area (Å²) in [4.78, 5) is 18.6. The normalized spacial score (nSPS) is 17.3. The lowest BCUT2D eigenvalue weighted by atomic mass is 10.1. The average molecular weight is 601 g/mol. The largest absolute Gasteiger partial charge is 0.494 e. The summed E-state index contributed by atoms with van der Waals surface area (Å²) in [5, 5.41) is 2.20. The molecule has 2 aliphatic rings. The van der Waals surface area contributed by atoms with Gasteiger partial charge in [0.25, 0.3) is 0 Å². The zero-order chi connectivity index (χ0) is 30.3. The number of carbonyl (C=O) groups excluding carboxylic acids is 1. The summed E-state index contributed by atoms with van der Waals surface area (Å²) in [6, 6.07) is 8.64. The molecule has 2 aromatic rings. The van der Waals surface area contributed by atoms with E-state index in [4.69, 9.17) is 4.74 Å². The minimum Gasteiger partial charge on any atom is -0.494 e. The molecule has 0 radical (unpaired) electrons. The second kappa shape index (κ2) is 14.0. The van der Waals surface area contributed by atoms with E-state index in [1.54, 1.807) is 0 Å². The summed E-state index contributed by atoms with van der Waals surface area (Å²) in [5.41, 5.74) is -2.27. The van der Waals surface area contributed by atoms with Gasteiger partial charge in [0.1, 0.15) is 5.75 Å². The van der Waals surface area contributed by atoms with Crippen LogP contribution < -0.4 is 10.1 Å². The van der Waals surface area contributed by atoms with Crippen LogP contribution in [0.3, 0.4) is 0 Å². The summed E-state index contributed by atoms with van der Waals surface area (Å²) in [7, 11) is 0. The summed E-state index contributed by atoms with van der Waals surface area (Å²) >= 11 is 0. The second-order valence-corrected chi connectivity index (χ2v) is 11.0. The lowest BCUT2D eigenvalue weighted by Crippen LogP contribution is -2.64. The van der Waals surface area contributed by atoms with Crippen molar-refractivity contribution in [1.82, 2.24) is 14.7 Å². The topological polar surface area (TPSA) is 48.1 Å². The number of nitrogens with zero attached hydrogens (tertiary/aromatic N) is 3. The van der Waals surface area contributed by atoms with E-state index in [1.165, 1.54) is 36.1 Å². The standard InChI is InChI=1S/C30H38F6N4O2/c1-2-3-4-5-6-15-42-27-9-7-22(8-10-27)19-38-11-13-39(14-12-38)26-20-40(21-26)28(41)37-25-17-23(29(31,32)33)16-24(18-25)30(34,35)36/h7-10,16-18,26H,2-6,11-15,19-21H2,1H3,(H,37,41). The molecule has 2 aliphatic heterocycles. The Morgan fingerprint density at radius 1 is 0.857 bits per heavy atom. The molecule has 0 bridgehead atoms. The molecule has 12 heteroatoms. The van der Waals surface area contributed by atoms with E-state index in [9.17, 15) is 31.1 Å². The Labute approximate surface area is 242 Å². The van der Waals surface area contributed by atoms with E-state index in [-0.39, 0.29) is 12.1 Å². The van der Waals surface area contributed by atoms with Gasteiger partial charge in [0.15, 0.2) is 0 Å². The van der Waals surface area contributed by atoms with Crippen LogP contribution in [0.4, 0.5) is 36.8 Å². The molecule has 232 valence electrons. The third kappa shape index (κ3) is 9.00. The van der Waals surface area contributed by atoms with Crippen LogP contribution in [0.1, 0.15) is 55.7 Å². The van der Waals surface area contributed by atoms with Crippen LogP contribution in [0.2, 0.25) is 0 Å². The maximum atomic E-state index is 13.1. The first-order chi connectivity index (χ1) is 19.9. The van der Waals surface area contributed by atoms with Crippen molar-refractivity contribution in [3.63, 3.8) is 0 Å². The van der Waals surface area contributed by atoms with Crippen LogP contribution in [-0.4, -0.2) is 72.6 Å². The van der Waals surface area contributed by atoms with Gasteiger partial charge in [-0.1, -0.05) is 44.7 Å². The van der Waals surface area contributed by atoms with Gasteiger partial charge in [-0.05, 0) is 42.3 Å². The number of carbonyl (C=O) groups is 1. The van der Waals surface area contributed by atoms with Crippen LogP contribution >= 0.6 is 0 Å². The molecule has 0 spiro atoms. The predicted molar refractivity (Wildman–Crippen MR) is 148 cm³/mol. The smallest absolute Gasteiger partial charge is 0.416 e. The quantitative estimate of drug-likeness (QED) is 0.221. The van der Waals surface area contributed by atoms with Gasteiger partial charge in [0, 0.05) is 57.5 Å². The van der Waals surface area contributed by atoms with Crippen molar-refractivity contribution in [2.24, 2.45) is 0 Å². The molecule has 0 saturated carbocycles. The summed E-state index contributed by atoms with van der Waals surface area (Å²) in [5.74, 6) is 0.881. The van der Waals surface area contributed by atoms with Gasteiger partial charge in [-0.25, -0.2) is 4.79 Å². The number of anilines is 1. The molecule has 6 nitrogen and oxygen atoms in total. The number of rotatable bonds is 11. The van der Waals surface area contributed by atoms with Crippen LogP contribution in [0.15, 0.2) is 42.5 Å². The Kier molecular flexibility index (Phi) is 10.6. The second-order valence-electron chi connectivity index (χ2n) is 11.0. The molecule has 42 heavy (non-hydrogen) atoms. The van der Waals surface area contributed by atoms with Crippen molar-refractivity contribution in [3.8, 4) is 5.75 Å². The maximum absolute atomic E-state index is 13.1. The van der Waals surface area contributed by atoms with Gasteiger partial charge in [-0.3, -0.25) is 9.80 Å². The van der Waals surface area contributed by atoms with Crippen molar-refractivity contribution >= 4 is 11.7 Å². The molecule has 4 rings (SSSR count). The van der Waals surface area contributed by atoms with Crippen molar-refractivity contribution < 1.29 is 35.9 Å². The Morgan fingerprint density at radius 3 is 2.02 bits per heavy atom. The van der Waals surface area contributed by atoms with Gasteiger partial charge in [0.2, 0.25) is 0 Å². The fourth-order valence-corrected chi connectivity index (χ4v) is 5.21. The van der Waals surface area contributed by atoms with Crippen LogP contribution in [0.5, 0.6) is 5.75 Å². The minimum absolute atomic E-state index is 0.0374. The molecular weight excluding hydrogens is 562 g/mol. The first kappa shape index (κ1) is 31.9. The van der Waals surface area contributed by atoms with Gasteiger partial charge in [-0.2, -0.15) is 26.3 Å². The first-order valence-electron chi connectivity index (χ1n) is 14.5. The molecule has 0 aromatic heterocycles. The van der Waals surface area contributed by atoms with E-state index in [0.717, 1.165) is 51.5 Å². The average Bonchev–Trinajstić information content (AvgIpc) is 2.90. The van der Waals surface area contributed by atoms with Crippen molar-refractivity contribution in [2.75, 3.05) is 51.2 Å². The zero-order valence-corrected chi connectivity index (χ0v) is 23.7. The SMILES string of the molecule is CCCCCCCOc1ccc(CN2CCN(C3CN(C(=O)Nc4cc(C(F)(F)F)cc(C(F)(F)F)c4)C3)CC2)cc1. The molecule has 0 atom stereocenters. The number of urea groups is 1. The number of nitrogens with one attached hydrogen (secondary N) is 1. The Balaban J connectivity index is 1.18. The van der Waals surface area contributed by atoms with E-state index in [1.807, 2.05) is 12.1 Å². The molecule has 2 amide bonds. The van der Waals surface area contributed by atoms with E-state index in [2.05, 4.69) is 34.2 Å². The number of benzene rings is 2. The number of hydrogen-bond donors (Lipinski definition) is 1. The van der Waals surface area contributed by atoms with Gasteiger partial charge >= 0.3 is 18.4 Å². The first-order valence-corrected chi connectivity index (χ1v) is 14.5. The number of unbranched alkanes of at least 4 members (excludes halogenated alkanes) is 4. The lowest BCUT2D eigenvalue weighted by Gasteiger charge is -2.48. The highest BCUT2D eigenvalue weighted by atomic mass is 19.4. The number of alkyl halides is 6. The highest BCUT2D eigenvalue weighted by Gasteiger charge is 2.39. The third-order valence-electron chi connectivity index (χ3n) is 7.76. The predicted octanol–water partition coefficient (Wildman–Crippen LogP) is 7.11. The number of ether oxygens (including phenoxy) is 1. The van der Waals surface area contributed by atoms with Crippen molar-refractivity contribution in [1.29, 1.82) is 0 Å². The van der Waals surface area contributed by atoms with Gasteiger partial charge in [0.05, 0.1) is 17.7 Å². The molecule has 2 saturated heterocycles. The number of halogens is 6. The fourth-order valence-electron chi connectivity index (χ4n) is 5.21. The van der Waals surface area contributed by atoms with Gasteiger partial charge in [-0.15, -0.1) is 0 Å². The fraction of sp³-hybridized carbons (Fsp3) is 0.567. The monoisotopic (exact) mass is 600 g/mol. The molecule has 1 N–H and O–H groups in total. The minimum atomic E-state index is -4.98. The molecule has 2 aromatic carbocycles. The zero-order valence-electron chi connectivity index (χ0n) is 23.7. The van der Waals surface area contributed by atoms with E-state index in [0.29, 0.717) is 25.2 Å². The Morgan fingerprint density at radius 2 is 1.45 bits per heavy atom. The molecule has 0 aliphatic carbocycles. The summed E-state index contributed by atoms with van der Waals surface area (Å²) < 4.78 is 84.5. The van der Waals surface area contributed by atoms with Crippen molar-refractivity contribution in [3.05, 3.63) is 59.2 Å². The highest BCUT2D eigenvalue weighted by Crippen LogP contribution is 2.37. The third-order valence-corrected chi connectivity index (χ3v) is 7.76. The number of piperazine rings is 1.